The van der Waals surface area contributed by atoms with E-state index in [-0.39, 0.29) is 12.0 Å². The fourth-order valence-corrected chi connectivity index (χ4v) is 2.46. The van der Waals surface area contributed by atoms with Crippen molar-refractivity contribution in [3.05, 3.63) is 0 Å². The minimum absolute atomic E-state index is 0.0367. The van der Waals surface area contributed by atoms with Gasteiger partial charge in [-0.2, -0.15) is 0 Å². The molecule has 5 nitrogen and oxygen atoms in total. The second-order valence-electron chi connectivity index (χ2n) is 4.58. The summed E-state index contributed by atoms with van der Waals surface area (Å²) in [4.78, 5) is 13.8. The second kappa shape index (κ2) is 5.61. The van der Waals surface area contributed by atoms with Crippen LogP contribution >= 0.6 is 0 Å². The van der Waals surface area contributed by atoms with Gasteiger partial charge in [-0.15, -0.1) is 0 Å². The molecule has 2 N–H and O–H groups in total. The van der Waals surface area contributed by atoms with Crippen LogP contribution in [0.2, 0.25) is 0 Å². The quantitative estimate of drug-likeness (QED) is 0.659. The van der Waals surface area contributed by atoms with Crippen molar-refractivity contribution in [3.8, 4) is 0 Å². The summed E-state index contributed by atoms with van der Waals surface area (Å²) < 4.78 is 5.74. The van der Waals surface area contributed by atoms with E-state index >= 15 is 0 Å². The summed E-state index contributed by atoms with van der Waals surface area (Å²) in [7, 11) is 1.77. The van der Waals surface area contributed by atoms with Crippen molar-refractivity contribution in [1.82, 2.24) is 15.5 Å². The van der Waals surface area contributed by atoms with E-state index in [1.165, 1.54) is 19.4 Å². The molecule has 0 aromatic rings. The highest BCUT2D eigenvalue weighted by molar-refractivity contribution is 5.77. The van der Waals surface area contributed by atoms with Gasteiger partial charge in [0.15, 0.2) is 0 Å². The lowest BCUT2D eigenvalue weighted by molar-refractivity contribution is -0.121. The third-order valence-corrected chi connectivity index (χ3v) is 3.33. The summed E-state index contributed by atoms with van der Waals surface area (Å²) in [6, 6.07) is 0.629. The number of nitrogens with one attached hydrogen (secondary N) is 2. The Bertz CT molecular complexity index is 247. The first-order chi connectivity index (χ1) is 7.79. The van der Waals surface area contributed by atoms with E-state index in [4.69, 9.17) is 4.74 Å². The molecule has 0 bridgehead atoms. The molecular weight excluding hydrogens is 206 g/mol. The molecule has 2 rings (SSSR count). The summed E-state index contributed by atoms with van der Waals surface area (Å²) in [6.07, 6.45) is 2.71. The molecule has 2 unspecified atom stereocenters. The fraction of sp³-hybridized carbons (Fsp3) is 0.909. The summed E-state index contributed by atoms with van der Waals surface area (Å²) in [5, 5.41) is 5.71. The van der Waals surface area contributed by atoms with Gasteiger partial charge in [-0.1, -0.05) is 0 Å². The van der Waals surface area contributed by atoms with E-state index in [1.54, 1.807) is 7.05 Å². The van der Waals surface area contributed by atoms with E-state index in [0.29, 0.717) is 19.1 Å². The monoisotopic (exact) mass is 227 g/mol. The normalized spacial score (nSPS) is 30.1. The zero-order valence-electron chi connectivity index (χ0n) is 9.87. The number of ether oxygens (including phenoxy) is 1. The Balaban J connectivity index is 1.69. The van der Waals surface area contributed by atoms with Crippen LogP contribution in [0.1, 0.15) is 12.8 Å². The van der Waals surface area contributed by atoms with Gasteiger partial charge in [0.2, 0.25) is 5.91 Å². The highest BCUT2D eigenvalue weighted by Crippen LogP contribution is 2.22. The Kier molecular flexibility index (Phi) is 4.15. The molecule has 0 spiro atoms. The van der Waals surface area contributed by atoms with Crippen LogP contribution in [0.3, 0.4) is 0 Å². The molecule has 92 valence electrons. The third kappa shape index (κ3) is 2.93. The fourth-order valence-electron chi connectivity index (χ4n) is 2.46. The Morgan fingerprint density at radius 1 is 1.56 bits per heavy atom. The summed E-state index contributed by atoms with van der Waals surface area (Å²) in [5.41, 5.74) is 0. The predicted molar refractivity (Wildman–Crippen MR) is 61.3 cm³/mol. The first kappa shape index (κ1) is 11.8. The van der Waals surface area contributed by atoms with Crippen LogP contribution in [-0.4, -0.2) is 62.8 Å². The Labute approximate surface area is 96.5 Å². The molecular formula is C11H21N3O2. The highest BCUT2D eigenvalue weighted by Gasteiger charge is 2.32. The number of carbonyl (C=O) groups excluding carboxylic acids is 1. The summed E-state index contributed by atoms with van der Waals surface area (Å²) in [6.45, 7) is 3.98. The SMILES string of the molecule is CNCC(=O)NCC1CN2CCCC2CO1. The van der Waals surface area contributed by atoms with Gasteiger partial charge in [-0.25, -0.2) is 0 Å². The van der Waals surface area contributed by atoms with Gasteiger partial charge in [0, 0.05) is 19.1 Å². The van der Waals surface area contributed by atoms with E-state index in [9.17, 15) is 4.79 Å². The molecule has 0 aliphatic carbocycles. The zero-order chi connectivity index (χ0) is 11.4. The molecule has 2 aliphatic rings. The van der Waals surface area contributed by atoms with Gasteiger partial charge in [0.05, 0.1) is 19.3 Å². The van der Waals surface area contributed by atoms with Gasteiger partial charge in [0.1, 0.15) is 0 Å². The molecule has 2 fully saturated rings. The molecule has 2 heterocycles. The average Bonchev–Trinajstić information content (AvgIpc) is 2.74. The first-order valence-electron chi connectivity index (χ1n) is 6.06. The largest absolute Gasteiger partial charge is 0.373 e. The maximum Gasteiger partial charge on any atom is 0.234 e. The smallest absolute Gasteiger partial charge is 0.234 e. The number of nitrogens with zero attached hydrogens (tertiary/aromatic N) is 1. The van der Waals surface area contributed by atoms with Gasteiger partial charge in [-0.3, -0.25) is 9.69 Å². The van der Waals surface area contributed by atoms with Crippen LogP contribution in [0.5, 0.6) is 0 Å². The lowest BCUT2D eigenvalue weighted by Crippen LogP contribution is -2.50. The molecule has 2 aliphatic heterocycles. The number of amides is 1. The Morgan fingerprint density at radius 2 is 2.44 bits per heavy atom. The van der Waals surface area contributed by atoms with Crippen molar-refractivity contribution >= 4 is 5.91 Å². The van der Waals surface area contributed by atoms with Crippen LogP contribution < -0.4 is 10.6 Å². The average molecular weight is 227 g/mol. The van der Waals surface area contributed by atoms with Crippen LogP contribution in [-0.2, 0) is 9.53 Å². The maximum atomic E-state index is 11.3. The standard InChI is InChI=1S/C11H21N3O2/c1-12-6-11(15)13-5-10-7-14-4-2-3-9(14)8-16-10/h9-10,12H,2-8H2,1H3,(H,13,15). The number of fused-ring (bicyclic) bond motifs is 1. The molecule has 0 radical (unpaired) electrons. The van der Waals surface area contributed by atoms with E-state index in [2.05, 4.69) is 15.5 Å². The van der Waals surface area contributed by atoms with E-state index in [0.717, 1.165) is 13.2 Å². The Morgan fingerprint density at radius 3 is 3.25 bits per heavy atom. The van der Waals surface area contributed by atoms with Gasteiger partial charge in [0.25, 0.3) is 0 Å². The van der Waals surface area contributed by atoms with Gasteiger partial charge < -0.3 is 15.4 Å². The van der Waals surface area contributed by atoms with Crippen LogP contribution in [0.25, 0.3) is 0 Å². The molecule has 2 saturated heterocycles. The molecule has 0 saturated carbocycles. The van der Waals surface area contributed by atoms with Crippen molar-refractivity contribution in [2.24, 2.45) is 0 Å². The van der Waals surface area contributed by atoms with Crippen molar-refractivity contribution in [3.63, 3.8) is 0 Å². The van der Waals surface area contributed by atoms with E-state index in [1.807, 2.05) is 0 Å². The predicted octanol–water partition coefficient (Wildman–Crippen LogP) is -0.815. The topological polar surface area (TPSA) is 53.6 Å². The van der Waals surface area contributed by atoms with Crippen molar-refractivity contribution in [2.45, 2.75) is 25.0 Å². The summed E-state index contributed by atoms with van der Waals surface area (Å²) >= 11 is 0. The van der Waals surface area contributed by atoms with E-state index < -0.39 is 0 Å². The third-order valence-electron chi connectivity index (χ3n) is 3.33. The van der Waals surface area contributed by atoms with Gasteiger partial charge >= 0.3 is 0 Å². The van der Waals surface area contributed by atoms with Crippen LogP contribution in [0.15, 0.2) is 0 Å². The van der Waals surface area contributed by atoms with Crippen molar-refractivity contribution in [1.29, 1.82) is 0 Å². The maximum absolute atomic E-state index is 11.3. The van der Waals surface area contributed by atoms with Crippen LogP contribution in [0.4, 0.5) is 0 Å². The van der Waals surface area contributed by atoms with Crippen LogP contribution in [0, 0.1) is 0 Å². The minimum atomic E-state index is 0.0367. The molecule has 0 aromatic heterocycles. The molecule has 2 atom stereocenters. The number of hydrogen-bond donors (Lipinski definition) is 2. The minimum Gasteiger partial charge on any atom is -0.373 e. The molecule has 0 aromatic carbocycles. The molecule has 16 heavy (non-hydrogen) atoms. The lowest BCUT2D eigenvalue weighted by atomic mass is 10.2. The molecule has 1 amide bonds. The van der Waals surface area contributed by atoms with Crippen molar-refractivity contribution < 1.29 is 9.53 Å². The number of rotatable bonds is 4. The summed E-state index contributed by atoms with van der Waals surface area (Å²) in [5.74, 6) is 0.0367. The number of hydrogen-bond acceptors (Lipinski definition) is 4. The molecule has 5 heteroatoms. The van der Waals surface area contributed by atoms with Crippen molar-refractivity contribution in [2.75, 3.05) is 39.8 Å². The van der Waals surface area contributed by atoms with Gasteiger partial charge in [-0.05, 0) is 26.4 Å². The zero-order valence-corrected chi connectivity index (χ0v) is 9.87. The number of morpholine rings is 1. The lowest BCUT2D eigenvalue weighted by Gasteiger charge is -2.35. The highest BCUT2D eigenvalue weighted by atomic mass is 16.5. The number of likely N-dealkylation sites (N-methyl/N-ethyl adjacent to an activating group) is 1. The second-order valence-corrected chi connectivity index (χ2v) is 4.58. The Hall–Kier alpha value is -0.650. The first-order valence-corrected chi connectivity index (χ1v) is 6.06. The number of carbonyl (C=O) groups is 1.